The van der Waals surface area contributed by atoms with Crippen molar-refractivity contribution in [2.24, 2.45) is 0 Å². The van der Waals surface area contributed by atoms with Crippen molar-refractivity contribution >= 4 is 65.0 Å². The van der Waals surface area contributed by atoms with E-state index in [0.717, 1.165) is 11.2 Å². The molecule has 10 rings (SSSR count). The van der Waals surface area contributed by atoms with Crippen LogP contribution in [-0.2, 0) is 0 Å². The monoisotopic (exact) mass is 570 g/mol. The Bertz CT molecular complexity index is 2680. The van der Waals surface area contributed by atoms with E-state index in [9.17, 15) is 0 Å². The van der Waals surface area contributed by atoms with Gasteiger partial charge in [0.25, 0.3) is 0 Å². The van der Waals surface area contributed by atoms with Crippen molar-refractivity contribution in [2.45, 2.75) is 0 Å². The number of fused-ring (bicyclic) bond motifs is 3. The highest BCUT2D eigenvalue weighted by Crippen LogP contribution is 2.53. The SMILES string of the molecule is c1ccc(-c2c(-c3c4ccccc4c(-c4cccc5ccccc45)c4ccccc34)c3cccc4oc5cccc2c5c43)cc1. The van der Waals surface area contributed by atoms with Gasteiger partial charge in [-0.3, -0.25) is 0 Å². The minimum Gasteiger partial charge on any atom is -0.456 e. The zero-order valence-electron chi connectivity index (χ0n) is 24.4. The van der Waals surface area contributed by atoms with E-state index in [1.807, 2.05) is 0 Å². The number of hydrogen-bond acceptors (Lipinski definition) is 1. The van der Waals surface area contributed by atoms with E-state index in [1.165, 1.54) is 87.2 Å². The van der Waals surface area contributed by atoms with Crippen LogP contribution < -0.4 is 0 Å². The molecule has 208 valence electrons. The van der Waals surface area contributed by atoms with Gasteiger partial charge in [-0.25, -0.2) is 0 Å². The van der Waals surface area contributed by atoms with Gasteiger partial charge in [-0.05, 0) is 88.6 Å². The fourth-order valence-corrected chi connectivity index (χ4v) is 7.85. The molecule has 0 amide bonds. The molecule has 1 nitrogen and oxygen atoms in total. The predicted molar refractivity (Wildman–Crippen MR) is 191 cm³/mol. The summed E-state index contributed by atoms with van der Waals surface area (Å²) in [6, 6.07) is 57.3. The van der Waals surface area contributed by atoms with Crippen molar-refractivity contribution in [3.05, 3.63) is 158 Å². The average Bonchev–Trinajstić information content (AvgIpc) is 3.50. The second-order valence-electron chi connectivity index (χ2n) is 11.9. The molecule has 0 atom stereocenters. The molecule has 0 spiro atoms. The third kappa shape index (κ3) is 3.38. The van der Waals surface area contributed by atoms with Gasteiger partial charge in [0.05, 0.1) is 0 Å². The van der Waals surface area contributed by atoms with Gasteiger partial charge in [0.2, 0.25) is 0 Å². The molecule has 0 bridgehead atoms. The Hall–Kier alpha value is -5.92. The standard InChI is InChI=1S/C44H26O/c1-2-14-28(15-3-1)39-35-23-11-25-37-42(35)43-36(24-12-26-38(43)45-37)44(39)41-33-20-8-6-18-31(33)40(32-19-7-9-21-34(32)41)30-22-10-16-27-13-4-5-17-29(27)30/h1-26H. The highest BCUT2D eigenvalue weighted by Gasteiger charge is 2.26. The summed E-state index contributed by atoms with van der Waals surface area (Å²) in [6.07, 6.45) is 0. The molecule has 0 unspecified atom stereocenters. The fourth-order valence-electron chi connectivity index (χ4n) is 7.85. The van der Waals surface area contributed by atoms with Crippen molar-refractivity contribution in [3.8, 4) is 33.4 Å². The lowest BCUT2D eigenvalue weighted by Gasteiger charge is -2.22. The van der Waals surface area contributed by atoms with Crippen molar-refractivity contribution in [1.82, 2.24) is 0 Å². The smallest absolute Gasteiger partial charge is 0.136 e. The minimum atomic E-state index is 0.931. The zero-order chi connectivity index (χ0) is 29.5. The third-order valence-corrected chi connectivity index (χ3v) is 9.61. The zero-order valence-corrected chi connectivity index (χ0v) is 24.4. The second-order valence-corrected chi connectivity index (χ2v) is 11.9. The van der Waals surface area contributed by atoms with Crippen LogP contribution in [-0.4, -0.2) is 0 Å². The van der Waals surface area contributed by atoms with Crippen LogP contribution in [0.5, 0.6) is 0 Å². The lowest BCUT2D eigenvalue weighted by molar-refractivity contribution is 0.669. The van der Waals surface area contributed by atoms with Gasteiger partial charge in [0.1, 0.15) is 11.2 Å². The molecule has 1 heteroatoms. The van der Waals surface area contributed by atoms with Crippen LogP contribution >= 0.6 is 0 Å². The molecule has 0 aliphatic heterocycles. The quantitative estimate of drug-likeness (QED) is 0.152. The predicted octanol–water partition coefficient (Wildman–Crippen LogP) is 12.6. The van der Waals surface area contributed by atoms with E-state index in [1.54, 1.807) is 0 Å². The molecule has 10 aromatic rings. The largest absolute Gasteiger partial charge is 0.456 e. The first-order valence-electron chi connectivity index (χ1n) is 15.5. The van der Waals surface area contributed by atoms with Crippen LogP contribution in [0.3, 0.4) is 0 Å². The summed E-state index contributed by atoms with van der Waals surface area (Å²) >= 11 is 0. The van der Waals surface area contributed by atoms with Crippen LogP contribution in [0.4, 0.5) is 0 Å². The Morgan fingerprint density at radius 1 is 0.289 bits per heavy atom. The maximum atomic E-state index is 6.49. The van der Waals surface area contributed by atoms with Crippen LogP contribution in [0, 0.1) is 0 Å². The molecule has 0 saturated carbocycles. The summed E-state index contributed by atoms with van der Waals surface area (Å²) in [4.78, 5) is 0. The van der Waals surface area contributed by atoms with Gasteiger partial charge in [0, 0.05) is 10.8 Å². The molecule has 0 aliphatic rings. The molecule has 1 aromatic heterocycles. The summed E-state index contributed by atoms with van der Waals surface area (Å²) < 4.78 is 6.49. The van der Waals surface area contributed by atoms with E-state index in [0.29, 0.717) is 0 Å². The maximum absolute atomic E-state index is 6.49. The highest BCUT2D eigenvalue weighted by molar-refractivity contribution is 6.34. The van der Waals surface area contributed by atoms with Crippen molar-refractivity contribution in [1.29, 1.82) is 0 Å². The summed E-state index contributed by atoms with van der Waals surface area (Å²) in [5.41, 5.74) is 9.38. The molecule has 45 heavy (non-hydrogen) atoms. The van der Waals surface area contributed by atoms with E-state index in [2.05, 4.69) is 158 Å². The number of benzene rings is 9. The third-order valence-electron chi connectivity index (χ3n) is 9.61. The first-order valence-corrected chi connectivity index (χ1v) is 15.5. The van der Waals surface area contributed by atoms with E-state index in [-0.39, 0.29) is 0 Å². The topological polar surface area (TPSA) is 13.1 Å². The molecular formula is C44H26O. The van der Waals surface area contributed by atoms with Gasteiger partial charge in [-0.1, -0.05) is 146 Å². The van der Waals surface area contributed by atoms with Crippen molar-refractivity contribution in [3.63, 3.8) is 0 Å². The molecule has 0 N–H and O–H groups in total. The fraction of sp³-hybridized carbons (Fsp3) is 0. The second kappa shape index (κ2) is 9.29. The molecule has 0 saturated heterocycles. The van der Waals surface area contributed by atoms with Crippen LogP contribution in [0.1, 0.15) is 0 Å². The summed E-state index contributed by atoms with van der Waals surface area (Å²) in [7, 11) is 0. The Morgan fingerprint density at radius 2 is 0.756 bits per heavy atom. The highest BCUT2D eigenvalue weighted by atomic mass is 16.3. The van der Waals surface area contributed by atoms with E-state index in [4.69, 9.17) is 4.42 Å². The molecule has 0 aliphatic carbocycles. The normalized spacial score (nSPS) is 12.0. The van der Waals surface area contributed by atoms with Crippen molar-refractivity contribution in [2.75, 3.05) is 0 Å². The molecule has 0 radical (unpaired) electrons. The minimum absolute atomic E-state index is 0.931. The van der Waals surface area contributed by atoms with Crippen LogP contribution in [0.15, 0.2) is 162 Å². The molecule has 1 heterocycles. The first-order chi connectivity index (χ1) is 22.4. The molecule has 0 fully saturated rings. The average molecular weight is 571 g/mol. The van der Waals surface area contributed by atoms with Gasteiger partial charge >= 0.3 is 0 Å². The van der Waals surface area contributed by atoms with Gasteiger partial charge in [-0.15, -0.1) is 0 Å². The lowest BCUT2D eigenvalue weighted by atomic mass is 9.79. The Kier molecular flexibility index (Phi) is 5.06. The van der Waals surface area contributed by atoms with Gasteiger partial charge < -0.3 is 4.42 Å². The maximum Gasteiger partial charge on any atom is 0.136 e. The lowest BCUT2D eigenvalue weighted by Crippen LogP contribution is -1.95. The molecule has 9 aromatic carbocycles. The molecular weight excluding hydrogens is 544 g/mol. The number of hydrogen-bond donors (Lipinski definition) is 0. The van der Waals surface area contributed by atoms with Crippen molar-refractivity contribution < 1.29 is 4.42 Å². The van der Waals surface area contributed by atoms with Crippen LogP contribution in [0.2, 0.25) is 0 Å². The van der Waals surface area contributed by atoms with Crippen LogP contribution in [0.25, 0.3) is 98.4 Å². The van der Waals surface area contributed by atoms with Gasteiger partial charge in [0.15, 0.2) is 0 Å². The number of furan rings is 1. The van der Waals surface area contributed by atoms with Gasteiger partial charge in [-0.2, -0.15) is 0 Å². The Balaban J connectivity index is 1.47. The summed E-state index contributed by atoms with van der Waals surface area (Å²) in [5, 5.41) is 12.4. The summed E-state index contributed by atoms with van der Waals surface area (Å²) in [6.45, 7) is 0. The number of rotatable bonds is 3. The van der Waals surface area contributed by atoms with E-state index < -0.39 is 0 Å². The Labute approximate surface area is 259 Å². The Morgan fingerprint density at radius 3 is 1.40 bits per heavy atom. The first kappa shape index (κ1) is 24.5. The van der Waals surface area contributed by atoms with E-state index >= 15 is 0 Å². The summed E-state index contributed by atoms with van der Waals surface area (Å²) in [5.74, 6) is 0.